The first-order chi connectivity index (χ1) is 8.18. The number of benzene rings is 2. The van der Waals surface area contributed by atoms with Gasteiger partial charge in [0.25, 0.3) is 0 Å². The van der Waals surface area contributed by atoms with Crippen LogP contribution in [0, 0.1) is 0 Å². The molecule has 0 radical (unpaired) electrons. The van der Waals surface area contributed by atoms with Crippen LogP contribution >= 0.6 is 0 Å². The zero-order valence-corrected chi connectivity index (χ0v) is 9.69. The minimum atomic E-state index is -0.455. The van der Waals surface area contributed by atoms with Crippen molar-refractivity contribution < 1.29 is 10.2 Å². The number of phenolic OH excluding ortho intramolecular Hbond substituents is 1. The molecule has 0 amide bonds. The van der Waals surface area contributed by atoms with Crippen LogP contribution in [-0.2, 0) is 6.42 Å². The standard InChI is InChI=1S/C15H16O2/c16-14-6-5-11-3-1-2-4-12(11)13(14)7-8-15(17)9-10-15/h1-6,16-17H,7-10H2. The first-order valence-electron chi connectivity index (χ1n) is 6.10. The Hall–Kier alpha value is -1.54. The Morgan fingerprint density at radius 1 is 1.06 bits per heavy atom. The zero-order valence-electron chi connectivity index (χ0n) is 9.69. The van der Waals surface area contributed by atoms with Gasteiger partial charge in [0, 0.05) is 5.56 Å². The molecule has 2 heteroatoms. The first kappa shape index (κ1) is 10.6. The highest BCUT2D eigenvalue weighted by atomic mass is 16.3. The van der Waals surface area contributed by atoms with Crippen LogP contribution in [0.25, 0.3) is 10.8 Å². The van der Waals surface area contributed by atoms with E-state index in [1.54, 1.807) is 6.07 Å². The monoisotopic (exact) mass is 228 g/mol. The number of aryl methyl sites for hydroxylation is 1. The van der Waals surface area contributed by atoms with Gasteiger partial charge >= 0.3 is 0 Å². The van der Waals surface area contributed by atoms with Crippen molar-refractivity contribution >= 4 is 10.8 Å². The van der Waals surface area contributed by atoms with Crippen LogP contribution in [0.1, 0.15) is 24.8 Å². The average Bonchev–Trinajstić information content (AvgIpc) is 3.06. The lowest BCUT2D eigenvalue weighted by molar-refractivity contribution is 0.140. The SMILES string of the molecule is Oc1ccc2ccccc2c1CCC1(O)CC1. The second-order valence-corrected chi connectivity index (χ2v) is 5.01. The van der Waals surface area contributed by atoms with Crippen molar-refractivity contribution in [1.29, 1.82) is 0 Å². The fraction of sp³-hybridized carbons (Fsp3) is 0.333. The lowest BCUT2D eigenvalue weighted by Gasteiger charge is -2.11. The number of fused-ring (bicyclic) bond motifs is 1. The molecule has 2 aromatic carbocycles. The van der Waals surface area contributed by atoms with Crippen LogP contribution in [0.2, 0.25) is 0 Å². The van der Waals surface area contributed by atoms with Crippen molar-refractivity contribution in [1.82, 2.24) is 0 Å². The van der Waals surface area contributed by atoms with Gasteiger partial charge in [-0.25, -0.2) is 0 Å². The summed E-state index contributed by atoms with van der Waals surface area (Å²) in [4.78, 5) is 0. The molecule has 1 fully saturated rings. The number of phenols is 1. The van der Waals surface area contributed by atoms with Gasteiger partial charge in [-0.15, -0.1) is 0 Å². The smallest absolute Gasteiger partial charge is 0.119 e. The molecule has 0 aliphatic heterocycles. The summed E-state index contributed by atoms with van der Waals surface area (Å²) in [5.41, 5.74) is 0.507. The molecule has 1 saturated carbocycles. The van der Waals surface area contributed by atoms with E-state index < -0.39 is 5.60 Å². The molecule has 0 bridgehead atoms. The Bertz CT molecular complexity index is 556. The van der Waals surface area contributed by atoms with Gasteiger partial charge in [0.15, 0.2) is 0 Å². The molecule has 0 spiro atoms. The topological polar surface area (TPSA) is 40.5 Å². The minimum absolute atomic E-state index is 0.341. The van der Waals surface area contributed by atoms with Gasteiger partial charge in [-0.1, -0.05) is 30.3 Å². The molecule has 17 heavy (non-hydrogen) atoms. The van der Waals surface area contributed by atoms with Crippen LogP contribution in [0.3, 0.4) is 0 Å². The van der Waals surface area contributed by atoms with Gasteiger partial charge in [0.1, 0.15) is 5.75 Å². The van der Waals surface area contributed by atoms with Gasteiger partial charge in [-0.05, 0) is 42.5 Å². The fourth-order valence-corrected chi connectivity index (χ4v) is 2.34. The molecule has 1 aliphatic carbocycles. The Balaban J connectivity index is 1.98. The summed E-state index contributed by atoms with van der Waals surface area (Å²) in [7, 11) is 0. The van der Waals surface area contributed by atoms with Gasteiger partial charge in [-0.3, -0.25) is 0 Å². The fourth-order valence-electron chi connectivity index (χ4n) is 2.34. The third-order valence-electron chi connectivity index (χ3n) is 3.68. The molecule has 0 unspecified atom stereocenters. The minimum Gasteiger partial charge on any atom is -0.508 e. The van der Waals surface area contributed by atoms with Gasteiger partial charge < -0.3 is 10.2 Å². The maximum absolute atomic E-state index is 9.94. The second kappa shape index (κ2) is 3.74. The number of aliphatic hydroxyl groups is 1. The highest BCUT2D eigenvalue weighted by Gasteiger charge is 2.39. The van der Waals surface area contributed by atoms with Gasteiger partial charge in [0.05, 0.1) is 5.60 Å². The highest BCUT2D eigenvalue weighted by Crippen LogP contribution is 2.40. The first-order valence-corrected chi connectivity index (χ1v) is 6.10. The Kier molecular flexibility index (Phi) is 2.33. The van der Waals surface area contributed by atoms with E-state index in [9.17, 15) is 10.2 Å². The van der Waals surface area contributed by atoms with Crippen LogP contribution < -0.4 is 0 Å². The van der Waals surface area contributed by atoms with Crippen molar-refractivity contribution in [2.24, 2.45) is 0 Å². The molecule has 1 aliphatic rings. The molecule has 2 N–H and O–H groups in total. The van der Waals surface area contributed by atoms with Crippen LogP contribution in [0.5, 0.6) is 5.75 Å². The summed E-state index contributed by atoms with van der Waals surface area (Å²) in [6.07, 6.45) is 3.29. The van der Waals surface area contributed by atoms with Gasteiger partial charge in [0.2, 0.25) is 0 Å². The summed E-state index contributed by atoms with van der Waals surface area (Å²) in [6, 6.07) is 11.7. The summed E-state index contributed by atoms with van der Waals surface area (Å²) < 4.78 is 0. The quantitative estimate of drug-likeness (QED) is 0.847. The van der Waals surface area contributed by atoms with E-state index in [0.717, 1.165) is 42.0 Å². The maximum Gasteiger partial charge on any atom is 0.119 e. The van der Waals surface area contributed by atoms with E-state index in [1.807, 2.05) is 30.3 Å². The van der Waals surface area contributed by atoms with E-state index in [4.69, 9.17) is 0 Å². The summed E-state index contributed by atoms with van der Waals surface area (Å²) >= 11 is 0. The molecule has 0 atom stereocenters. The molecule has 2 aromatic rings. The van der Waals surface area contributed by atoms with Crippen molar-refractivity contribution in [2.45, 2.75) is 31.3 Å². The van der Waals surface area contributed by atoms with Crippen LogP contribution in [0.4, 0.5) is 0 Å². The molecule has 2 nitrogen and oxygen atoms in total. The number of hydrogen-bond donors (Lipinski definition) is 2. The third-order valence-corrected chi connectivity index (χ3v) is 3.68. The molecule has 3 rings (SSSR count). The van der Waals surface area contributed by atoms with Crippen LogP contribution in [-0.4, -0.2) is 15.8 Å². The number of rotatable bonds is 3. The van der Waals surface area contributed by atoms with E-state index in [1.165, 1.54) is 0 Å². The Morgan fingerprint density at radius 2 is 1.82 bits per heavy atom. The average molecular weight is 228 g/mol. The zero-order chi connectivity index (χ0) is 11.9. The summed E-state index contributed by atoms with van der Waals surface area (Å²) in [5, 5.41) is 22.1. The van der Waals surface area contributed by atoms with E-state index in [-0.39, 0.29) is 0 Å². The normalized spacial score (nSPS) is 17.2. The lowest BCUT2D eigenvalue weighted by atomic mass is 9.98. The largest absolute Gasteiger partial charge is 0.508 e. The van der Waals surface area contributed by atoms with Crippen molar-refractivity contribution in [3.05, 3.63) is 42.0 Å². The Labute approximate surface area is 101 Å². The van der Waals surface area contributed by atoms with Gasteiger partial charge in [-0.2, -0.15) is 0 Å². The predicted octanol–water partition coefficient (Wildman–Crippen LogP) is 3.00. The van der Waals surface area contributed by atoms with E-state index >= 15 is 0 Å². The van der Waals surface area contributed by atoms with Crippen molar-refractivity contribution in [3.63, 3.8) is 0 Å². The third kappa shape index (κ3) is 2.01. The van der Waals surface area contributed by atoms with Crippen molar-refractivity contribution in [2.75, 3.05) is 0 Å². The second-order valence-electron chi connectivity index (χ2n) is 5.01. The summed E-state index contributed by atoms with van der Waals surface area (Å²) in [5.74, 6) is 0.341. The molecule has 0 saturated heterocycles. The highest BCUT2D eigenvalue weighted by molar-refractivity contribution is 5.87. The van der Waals surface area contributed by atoms with Crippen molar-refractivity contribution in [3.8, 4) is 5.75 Å². The number of aromatic hydroxyl groups is 1. The predicted molar refractivity (Wildman–Crippen MR) is 68.1 cm³/mol. The maximum atomic E-state index is 9.94. The molecule has 88 valence electrons. The molecule has 0 heterocycles. The molecule has 0 aromatic heterocycles. The molecular formula is C15H16O2. The lowest BCUT2D eigenvalue weighted by Crippen LogP contribution is -2.08. The molecular weight excluding hydrogens is 212 g/mol. The number of hydrogen-bond acceptors (Lipinski definition) is 2. The van der Waals surface area contributed by atoms with E-state index in [2.05, 4.69) is 0 Å². The summed E-state index contributed by atoms with van der Waals surface area (Å²) in [6.45, 7) is 0. The van der Waals surface area contributed by atoms with Crippen LogP contribution in [0.15, 0.2) is 36.4 Å². The Morgan fingerprint density at radius 3 is 2.59 bits per heavy atom. The van der Waals surface area contributed by atoms with E-state index in [0.29, 0.717) is 5.75 Å².